The Balaban J connectivity index is 1.98. The van der Waals surface area contributed by atoms with Gasteiger partial charge < -0.3 is 5.32 Å². The lowest BCUT2D eigenvalue weighted by Crippen LogP contribution is -2.18. The van der Waals surface area contributed by atoms with Gasteiger partial charge in [-0.1, -0.05) is 29.8 Å². The van der Waals surface area contributed by atoms with Gasteiger partial charge in [-0.05, 0) is 44.9 Å². The van der Waals surface area contributed by atoms with Crippen molar-refractivity contribution in [3.05, 3.63) is 56.8 Å². The lowest BCUT2D eigenvalue weighted by atomic mass is 10.1. The molecule has 0 amide bonds. The summed E-state index contributed by atoms with van der Waals surface area (Å²) in [6.45, 7) is 9.67. The van der Waals surface area contributed by atoms with Crippen LogP contribution in [0.2, 0.25) is 0 Å². The van der Waals surface area contributed by atoms with E-state index in [-0.39, 0.29) is 0 Å². The number of hydrogen-bond donors (Lipinski definition) is 1. The topological polar surface area (TPSA) is 12.0 Å². The molecule has 0 radical (unpaired) electrons. The van der Waals surface area contributed by atoms with E-state index in [0.717, 1.165) is 6.54 Å². The van der Waals surface area contributed by atoms with Crippen molar-refractivity contribution in [2.24, 2.45) is 0 Å². The molecule has 96 valence electrons. The zero-order chi connectivity index (χ0) is 13.1. The second-order valence-electron chi connectivity index (χ2n) is 4.95. The van der Waals surface area contributed by atoms with Gasteiger partial charge in [0, 0.05) is 22.3 Å². The van der Waals surface area contributed by atoms with E-state index in [1.807, 2.05) is 11.3 Å². The largest absolute Gasteiger partial charge is 0.306 e. The summed E-state index contributed by atoms with van der Waals surface area (Å²) in [7, 11) is 0. The third-order valence-corrected chi connectivity index (χ3v) is 4.33. The minimum Gasteiger partial charge on any atom is -0.306 e. The van der Waals surface area contributed by atoms with Crippen molar-refractivity contribution in [1.29, 1.82) is 0 Å². The molecule has 1 nitrogen and oxygen atoms in total. The molecule has 1 heterocycles. The number of rotatable bonds is 4. The fraction of sp³-hybridized carbons (Fsp3) is 0.375. The van der Waals surface area contributed by atoms with Gasteiger partial charge in [-0.3, -0.25) is 0 Å². The maximum atomic E-state index is 3.60. The second kappa shape index (κ2) is 5.68. The van der Waals surface area contributed by atoms with Gasteiger partial charge in [-0.15, -0.1) is 11.3 Å². The molecule has 1 aromatic heterocycles. The smallest absolute Gasteiger partial charge is 0.0294 e. The van der Waals surface area contributed by atoms with E-state index in [1.165, 1.54) is 26.4 Å². The first-order chi connectivity index (χ1) is 8.56. The van der Waals surface area contributed by atoms with Gasteiger partial charge in [0.2, 0.25) is 0 Å². The molecule has 0 saturated heterocycles. The van der Waals surface area contributed by atoms with Gasteiger partial charge in [0.05, 0.1) is 0 Å². The van der Waals surface area contributed by atoms with E-state index in [2.05, 4.69) is 63.3 Å². The number of hydrogen-bond acceptors (Lipinski definition) is 2. The van der Waals surface area contributed by atoms with E-state index in [9.17, 15) is 0 Å². The minimum absolute atomic E-state index is 0.394. The molecule has 0 bridgehead atoms. The molecule has 0 aliphatic carbocycles. The summed E-state index contributed by atoms with van der Waals surface area (Å²) in [6, 6.07) is 11.4. The Morgan fingerprint density at radius 3 is 2.33 bits per heavy atom. The highest BCUT2D eigenvalue weighted by atomic mass is 32.1. The van der Waals surface area contributed by atoms with Crippen LogP contribution in [0, 0.1) is 20.8 Å². The maximum absolute atomic E-state index is 3.60. The lowest BCUT2D eigenvalue weighted by Gasteiger charge is -2.14. The van der Waals surface area contributed by atoms with E-state index in [4.69, 9.17) is 0 Å². The summed E-state index contributed by atoms with van der Waals surface area (Å²) in [6.07, 6.45) is 0. The van der Waals surface area contributed by atoms with Crippen LogP contribution in [0.5, 0.6) is 0 Å². The van der Waals surface area contributed by atoms with Gasteiger partial charge in [-0.25, -0.2) is 0 Å². The summed E-state index contributed by atoms with van der Waals surface area (Å²) in [5, 5.41) is 3.60. The van der Waals surface area contributed by atoms with Gasteiger partial charge in [-0.2, -0.15) is 0 Å². The van der Waals surface area contributed by atoms with E-state index in [1.54, 1.807) is 0 Å². The Bertz CT molecular complexity index is 510. The molecule has 0 fully saturated rings. The average molecular weight is 259 g/mol. The van der Waals surface area contributed by atoms with Crippen LogP contribution in [0.1, 0.15) is 39.4 Å². The van der Waals surface area contributed by atoms with Crippen LogP contribution in [0.25, 0.3) is 0 Å². The van der Waals surface area contributed by atoms with Crippen molar-refractivity contribution < 1.29 is 0 Å². The molecule has 1 N–H and O–H groups in total. The van der Waals surface area contributed by atoms with E-state index >= 15 is 0 Å². The number of thiophene rings is 1. The van der Waals surface area contributed by atoms with Gasteiger partial charge in [0.1, 0.15) is 0 Å². The molecule has 0 spiro atoms. The summed E-state index contributed by atoms with van der Waals surface area (Å²) in [4.78, 5) is 2.82. The van der Waals surface area contributed by atoms with Crippen LogP contribution in [-0.2, 0) is 6.54 Å². The van der Waals surface area contributed by atoms with Crippen molar-refractivity contribution in [2.75, 3.05) is 0 Å². The Morgan fingerprint density at radius 2 is 1.78 bits per heavy atom. The maximum Gasteiger partial charge on any atom is 0.0294 e. The molecule has 0 aliphatic heterocycles. The minimum atomic E-state index is 0.394. The number of benzene rings is 1. The van der Waals surface area contributed by atoms with Crippen LogP contribution in [0.4, 0.5) is 0 Å². The number of nitrogens with one attached hydrogen (secondary N) is 1. The molecule has 2 rings (SSSR count). The van der Waals surface area contributed by atoms with E-state index < -0.39 is 0 Å². The summed E-state index contributed by atoms with van der Waals surface area (Å²) in [5.74, 6) is 0. The Morgan fingerprint density at radius 1 is 1.11 bits per heavy atom. The molecule has 2 heteroatoms. The van der Waals surface area contributed by atoms with Crippen LogP contribution >= 0.6 is 11.3 Å². The standard InChI is InChI=1S/C16H21NS/c1-11-5-7-15(8-6-11)13(3)17-10-16-9-12(2)18-14(16)4/h5-9,13,17H,10H2,1-4H3/t13-/m0/s1. The molecule has 0 aliphatic rings. The SMILES string of the molecule is Cc1ccc([C@H](C)NCc2cc(C)sc2C)cc1. The van der Waals surface area contributed by atoms with Crippen LogP contribution in [-0.4, -0.2) is 0 Å². The fourth-order valence-corrected chi connectivity index (χ4v) is 3.04. The quantitative estimate of drug-likeness (QED) is 0.851. The van der Waals surface area contributed by atoms with Crippen LogP contribution < -0.4 is 5.32 Å². The third kappa shape index (κ3) is 3.21. The average Bonchev–Trinajstić information content (AvgIpc) is 2.66. The predicted octanol–water partition coefficient (Wildman–Crippen LogP) is 4.52. The van der Waals surface area contributed by atoms with Crippen molar-refractivity contribution in [3.63, 3.8) is 0 Å². The third-order valence-electron chi connectivity index (χ3n) is 3.32. The highest BCUT2D eigenvalue weighted by Crippen LogP contribution is 2.21. The highest BCUT2D eigenvalue weighted by molar-refractivity contribution is 7.12. The predicted molar refractivity (Wildman–Crippen MR) is 80.2 cm³/mol. The molecular weight excluding hydrogens is 238 g/mol. The fourth-order valence-electron chi connectivity index (χ4n) is 2.10. The lowest BCUT2D eigenvalue weighted by molar-refractivity contribution is 0.574. The summed E-state index contributed by atoms with van der Waals surface area (Å²) in [5.41, 5.74) is 4.09. The first-order valence-electron chi connectivity index (χ1n) is 6.42. The molecule has 1 aromatic carbocycles. The number of aryl methyl sites for hydroxylation is 3. The first kappa shape index (κ1) is 13.3. The van der Waals surface area contributed by atoms with E-state index in [0.29, 0.717) is 6.04 Å². The van der Waals surface area contributed by atoms with Gasteiger partial charge in [0.15, 0.2) is 0 Å². The van der Waals surface area contributed by atoms with Crippen molar-refractivity contribution >= 4 is 11.3 Å². The molecule has 2 aromatic rings. The van der Waals surface area contributed by atoms with Crippen LogP contribution in [0.15, 0.2) is 30.3 Å². The second-order valence-corrected chi connectivity index (χ2v) is 6.41. The van der Waals surface area contributed by atoms with Gasteiger partial charge >= 0.3 is 0 Å². The molecule has 1 atom stereocenters. The van der Waals surface area contributed by atoms with Gasteiger partial charge in [0.25, 0.3) is 0 Å². The Labute approximate surface area is 114 Å². The summed E-state index contributed by atoms with van der Waals surface area (Å²) >= 11 is 1.88. The monoisotopic (exact) mass is 259 g/mol. The Hall–Kier alpha value is -1.12. The molecular formula is C16H21NS. The molecule has 0 unspecified atom stereocenters. The normalized spacial score (nSPS) is 12.7. The molecule has 0 saturated carbocycles. The Kier molecular flexibility index (Phi) is 4.20. The zero-order valence-electron chi connectivity index (χ0n) is 11.6. The van der Waals surface area contributed by atoms with Crippen LogP contribution in [0.3, 0.4) is 0 Å². The molecule has 18 heavy (non-hydrogen) atoms. The first-order valence-corrected chi connectivity index (χ1v) is 7.24. The van der Waals surface area contributed by atoms with Crippen molar-refractivity contribution in [1.82, 2.24) is 5.32 Å². The zero-order valence-corrected chi connectivity index (χ0v) is 12.4. The highest BCUT2D eigenvalue weighted by Gasteiger charge is 2.07. The van der Waals surface area contributed by atoms with Crippen molar-refractivity contribution in [2.45, 2.75) is 40.3 Å². The van der Waals surface area contributed by atoms with Crippen molar-refractivity contribution in [3.8, 4) is 0 Å². The summed E-state index contributed by atoms with van der Waals surface area (Å²) < 4.78 is 0.